The molecule has 2 heterocycles. The number of hydrogen-bond acceptors (Lipinski definition) is 2. The maximum Gasteiger partial charge on any atom is 0.322 e. The van der Waals surface area contributed by atoms with Gasteiger partial charge in [-0.3, -0.25) is 5.10 Å². The third-order valence-corrected chi connectivity index (χ3v) is 3.87. The fraction of sp³-hybridized carbons (Fsp3) is 0.375. The van der Waals surface area contributed by atoms with E-state index in [-0.39, 0.29) is 12.1 Å². The van der Waals surface area contributed by atoms with Crippen LogP contribution in [0.5, 0.6) is 0 Å². The molecule has 1 aromatic heterocycles. The van der Waals surface area contributed by atoms with Gasteiger partial charge in [0.25, 0.3) is 0 Å². The van der Waals surface area contributed by atoms with Crippen molar-refractivity contribution in [2.24, 2.45) is 0 Å². The van der Waals surface area contributed by atoms with Crippen LogP contribution in [0.25, 0.3) is 10.9 Å². The number of aromatic amines is 1. The molecule has 0 bridgehead atoms. The van der Waals surface area contributed by atoms with Gasteiger partial charge < -0.3 is 10.2 Å². The van der Waals surface area contributed by atoms with E-state index >= 15 is 0 Å². The highest BCUT2D eigenvalue weighted by molar-refractivity contribution is 5.93. The molecule has 0 saturated heterocycles. The number of benzene rings is 1. The Labute approximate surface area is 124 Å². The Morgan fingerprint density at radius 2 is 2.43 bits per heavy atom. The molecule has 0 radical (unpaired) electrons. The van der Waals surface area contributed by atoms with Crippen LogP contribution in [0.4, 0.5) is 10.5 Å². The molecule has 1 atom stereocenters. The highest BCUT2D eigenvalue weighted by Crippen LogP contribution is 2.20. The van der Waals surface area contributed by atoms with Gasteiger partial charge in [-0.15, -0.1) is 0 Å². The lowest BCUT2D eigenvalue weighted by molar-refractivity contribution is 0.208. The van der Waals surface area contributed by atoms with E-state index < -0.39 is 0 Å². The van der Waals surface area contributed by atoms with Gasteiger partial charge in [0.05, 0.1) is 17.8 Å². The zero-order valence-electron chi connectivity index (χ0n) is 12.2. The summed E-state index contributed by atoms with van der Waals surface area (Å²) in [6.45, 7) is 2.86. The van der Waals surface area contributed by atoms with Gasteiger partial charge in [0, 0.05) is 17.6 Å². The average molecular weight is 284 g/mol. The van der Waals surface area contributed by atoms with Crippen molar-refractivity contribution >= 4 is 22.6 Å². The SMILES string of the molecule is CCCC[C@@H]1C=CCN1C(=O)Nc1ccc2[nH]ncc2c1. The lowest BCUT2D eigenvalue weighted by Crippen LogP contribution is -2.39. The van der Waals surface area contributed by atoms with Crippen LogP contribution in [0.3, 0.4) is 0 Å². The number of nitrogens with zero attached hydrogens (tertiary/aromatic N) is 2. The molecule has 21 heavy (non-hydrogen) atoms. The first-order valence-corrected chi connectivity index (χ1v) is 7.45. The minimum atomic E-state index is -0.0380. The lowest BCUT2D eigenvalue weighted by Gasteiger charge is -2.24. The van der Waals surface area contributed by atoms with Gasteiger partial charge in [0.15, 0.2) is 0 Å². The number of hydrogen-bond donors (Lipinski definition) is 2. The second-order valence-corrected chi connectivity index (χ2v) is 5.39. The van der Waals surface area contributed by atoms with E-state index in [1.54, 1.807) is 6.20 Å². The number of nitrogens with one attached hydrogen (secondary N) is 2. The molecule has 0 aliphatic carbocycles. The third-order valence-electron chi connectivity index (χ3n) is 3.87. The third kappa shape index (κ3) is 2.91. The van der Waals surface area contributed by atoms with Crippen molar-refractivity contribution in [1.82, 2.24) is 15.1 Å². The van der Waals surface area contributed by atoms with Crippen LogP contribution in [0.15, 0.2) is 36.5 Å². The summed E-state index contributed by atoms with van der Waals surface area (Å²) in [7, 11) is 0. The zero-order chi connectivity index (χ0) is 14.7. The van der Waals surface area contributed by atoms with Crippen molar-refractivity contribution < 1.29 is 4.79 Å². The van der Waals surface area contributed by atoms with Gasteiger partial charge in [-0.05, 0) is 24.6 Å². The van der Waals surface area contributed by atoms with E-state index in [0.717, 1.165) is 35.9 Å². The first kappa shape index (κ1) is 13.7. The Bertz CT molecular complexity index is 661. The standard InChI is InChI=1S/C16H20N4O/c1-2-3-5-14-6-4-9-20(14)16(21)18-13-7-8-15-12(10-13)11-17-19-15/h4,6-8,10-11,14H,2-3,5,9H2,1H3,(H,17,19)(H,18,21)/t14-/m1/s1. The number of H-pyrrole nitrogens is 1. The lowest BCUT2D eigenvalue weighted by atomic mass is 10.1. The average Bonchev–Trinajstić information content (AvgIpc) is 3.13. The van der Waals surface area contributed by atoms with Crippen molar-refractivity contribution in [3.05, 3.63) is 36.5 Å². The Morgan fingerprint density at radius 3 is 3.29 bits per heavy atom. The molecule has 2 aromatic rings. The monoisotopic (exact) mass is 284 g/mol. The van der Waals surface area contributed by atoms with E-state index in [0.29, 0.717) is 6.54 Å². The molecule has 1 aliphatic heterocycles. The summed E-state index contributed by atoms with van der Waals surface area (Å²) in [5, 5.41) is 10.9. The normalized spacial score (nSPS) is 17.6. The molecule has 5 heteroatoms. The van der Waals surface area contributed by atoms with Crippen LogP contribution in [0, 0.1) is 0 Å². The number of anilines is 1. The molecule has 110 valence electrons. The summed E-state index contributed by atoms with van der Waals surface area (Å²) in [6.07, 6.45) is 9.28. The van der Waals surface area contributed by atoms with Crippen LogP contribution in [0.2, 0.25) is 0 Å². The first-order valence-electron chi connectivity index (χ1n) is 7.45. The van der Waals surface area contributed by atoms with Gasteiger partial charge in [-0.2, -0.15) is 5.10 Å². The van der Waals surface area contributed by atoms with E-state index in [4.69, 9.17) is 0 Å². The number of carbonyl (C=O) groups is 1. The van der Waals surface area contributed by atoms with Gasteiger partial charge in [0.1, 0.15) is 0 Å². The minimum absolute atomic E-state index is 0.0380. The van der Waals surface area contributed by atoms with Crippen LogP contribution < -0.4 is 5.32 Å². The fourth-order valence-corrected chi connectivity index (χ4v) is 2.69. The van der Waals surface area contributed by atoms with Crippen LogP contribution in [0.1, 0.15) is 26.2 Å². The maximum atomic E-state index is 12.4. The van der Waals surface area contributed by atoms with Gasteiger partial charge in [-0.1, -0.05) is 31.9 Å². The van der Waals surface area contributed by atoms with Crippen molar-refractivity contribution in [2.45, 2.75) is 32.2 Å². The largest absolute Gasteiger partial charge is 0.322 e. The molecule has 0 spiro atoms. The molecular formula is C16H20N4O. The number of rotatable bonds is 4. The second kappa shape index (κ2) is 5.99. The number of amides is 2. The molecule has 5 nitrogen and oxygen atoms in total. The Kier molecular flexibility index (Phi) is 3.90. The van der Waals surface area contributed by atoms with Crippen molar-refractivity contribution in [1.29, 1.82) is 0 Å². The Balaban J connectivity index is 1.67. The molecule has 0 unspecified atom stereocenters. The van der Waals surface area contributed by atoms with Crippen LogP contribution in [-0.2, 0) is 0 Å². The minimum Gasteiger partial charge on any atom is -0.314 e. The molecule has 2 amide bonds. The van der Waals surface area contributed by atoms with Crippen molar-refractivity contribution in [3.63, 3.8) is 0 Å². The molecular weight excluding hydrogens is 264 g/mol. The number of unbranched alkanes of at least 4 members (excludes halogenated alkanes) is 1. The van der Waals surface area contributed by atoms with Gasteiger partial charge in [-0.25, -0.2) is 4.79 Å². The highest BCUT2D eigenvalue weighted by Gasteiger charge is 2.24. The number of fused-ring (bicyclic) bond motifs is 1. The summed E-state index contributed by atoms with van der Waals surface area (Å²) in [6, 6.07) is 5.94. The Morgan fingerprint density at radius 1 is 1.52 bits per heavy atom. The second-order valence-electron chi connectivity index (χ2n) is 5.39. The summed E-state index contributed by atoms with van der Waals surface area (Å²) in [4.78, 5) is 14.3. The Hall–Kier alpha value is -2.30. The van der Waals surface area contributed by atoms with Gasteiger partial charge >= 0.3 is 6.03 Å². The number of urea groups is 1. The molecule has 0 fully saturated rings. The fourth-order valence-electron chi connectivity index (χ4n) is 2.69. The van der Waals surface area contributed by atoms with E-state index in [1.807, 2.05) is 23.1 Å². The van der Waals surface area contributed by atoms with E-state index in [9.17, 15) is 4.79 Å². The maximum absolute atomic E-state index is 12.4. The topological polar surface area (TPSA) is 61.0 Å². The van der Waals surface area contributed by atoms with Gasteiger partial charge in [0.2, 0.25) is 0 Å². The highest BCUT2D eigenvalue weighted by atomic mass is 16.2. The van der Waals surface area contributed by atoms with E-state index in [1.165, 1.54) is 0 Å². The summed E-state index contributed by atoms with van der Waals surface area (Å²) in [5.74, 6) is 0. The quantitative estimate of drug-likeness (QED) is 0.844. The molecule has 0 saturated carbocycles. The molecule has 3 rings (SSSR count). The molecule has 1 aliphatic rings. The zero-order valence-corrected chi connectivity index (χ0v) is 12.2. The first-order chi connectivity index (χ1) is 10.3. The van der Waals surface area contributed by atoms with E-state index in [2.05, 4.69) is 34.6 Å². The number of carbonyl (C=O) groups excluding carboxylic acids is 1. The summed E-state index contributed by atoms with van der Waals surface area (Å²) < 4.78 is 0. The smallest absolute Gasteiger partial charge is 0.314 e. The van der Waals surface area contributed by atoms with Crippen molar-refractivity contribution in [2.75, 3.05) is 11.9 Å². The van der Waals surface area contributed by atoms with Crippen molar-refractivity contribution in [3.8, 4) is 0 Å². The molecule has 1 aromatic carbocycles. The predicted octanol–water partition coefficient (Wildman–Crippen LogP) is 3.53. The van der Waals surface area contributed by atoms with Crippen LogP contribution in [-0.4, -0.2) is 33.7 Å². The summed E-state index contributed by atoms with van der Waals surface area (Å²) >= 11 is 0. The number of aromatic nitrogens is 2. The predicted molar refractivity (Wildman–Crippen MR) is 84.3 cm³/mol. The van der Waals surface area contributed by atoms with Crippen LogP contribution >= 0.6 is 0 Å². The molecule has 2 N–H and O–H groups in total. The summed E-state index contributed by atoms with van der Waals surface area (Å²) in [5.41, 5.74) is 1.77.